The molecule has 2 rings (SSSR count). The molecule has 0 unspecified atom stereocenters. The predicted octanol–water partition coefficient (Wildman–Crippen LogP) is 1.63. The van der Waals surface area contributed by atoms with Crippen molar-refractivity contribution < 1.29 is 42.6 Å². The van der Waals surface area contributed by atoms with Crippen LogP contribution in [0, 0.1) is 5.82 Å². The number of hydrogen-bond acceptors (Lipinski definition) is 9. The molecule has 48 heavy (non-hydrogen) atoms. The van der Waals surface area contributed by atoms with E-state index in [0.29, 0.717) is 17.7 Å². The van der Waals surface area contributed by atoms with Gasteiger partial charge in [-0.2, -0.15) is 11.8 Å². The van der Waals surface area contributed by atoms with Crippen molar-refractivity contribution in [2.24, 2.45) is 0 Å². The van der Waals surface area contributed by atoms with Crippen LogP contribution in [0.1, 0.15) is 38.3 Å². The lowest BCUT2D eigenvalue weighted by molar-refractivity contribution is -0.145. The highest BCUT2D eigenvalue weighted by atomic mass is 32.2. The van der Waals surface area contributed by atoms with Gasteiger partial charge in [0.05, 0.1) is 20.2 Å². The summed E-state index contributed by atoms with van der Waals surface area (Å²) in [7, 11) is 1.22. The second kappa shape index (κ2) is 19.9. The van der Waals surface area contributed by atoms with Crippen molar-refractivity contribution in [3.8, 4) is 0 Å². The number of esters is 1. The summed E-state index contributed by atoms with van der Waals surface area (Å²) in [6.45, 7) is 3.92. The van der Waals surface area contributed by atoms with Crippen LogP contribution in [-0.2, 0) is 46.3 Å². The number of thioether (sulfide) groups is 1. The van der Waals surface area contributed by atoms with Gasteiger partial charge in [0.25, 0.3) is 0 Å². The number of carbonyl (C=O) groups excluding carboxylic acids is 6. The maximum Gasteiger partial charge on any atom is 0.408 e. The zero-order valence-corrected chi connectivity index (χ0v) is 28.5. The van der Waals surface area contributed by atoms with E-state index in [4.69, 9.17) is 9.47 Å². The first kappa shape index (κ1) is 39.5. The third kappa shape index (κ3) is 15.3. The summed E-state index contributed by atoms with van der Waals surface area (Å²) in [6, 6.07) is 11.1. The van der Waals surface area contributed by atoms with E-state index in [1.807, 2.05) is 6.26 Å². The monoisotopic (exact) mass is 689 g/mol. The molecule has 0 aliphatic heterocycles. The largest absolute Gasteiger partial charge is 0.467 e. The van der Waals surface area contributed by atoms with Crippen molar-refractivity contribution in [1.82, 2.24) is 26.6 Å². The zero-order chi connectivity index (χ0) is 35.7. The van der Waals surface area contributed by atoms with Gasteiger partial charge in [-0.25, -0.2) is 14.0 Å². The number of carbonyl (C=O) groups is 6. The average Bonchev–Trinajstić information content (AvgIpc) is 3.04. The summed E-state index contributed by atoms with van der Waals surface area (Å²) in [5.41, 5.74) is 0.461. The maximum absolute atomic E-state index is 13.4. The zero-order valence-electron chi connectivity index (χ0n) is 27.7. The molecule has 0 heterocycles. The summed E-state index contributed by atoms with van der Waals surface area (Å²) < 4.78 is 23.4. The molecule has 2 aromatic rings. The van der Waals surface area contributed by atoms with Crippen molar-refractivity contribution in [1.29, 1.82) is 0 Å². The lowest BCUT2D eigenvalue weighted by Gasteiger charge is -2.23. The first-order chi connectivity index (χ1) is 22.7. The van der Waals surface area contributed by atoms with Crippen LogP contribution in [0.25, 0.3) is 0 Å². The number of nitrogens with one attached hydrogen (secondary N) is 5. The fraction of sp³-hybridized carbons (Fsp3) is 0.455. The van der Waals surface area contributed by atoms with Crippen LogP contribution in [0.4, 0.5) is 9.18 Å². The lowest BCUT2D eigenvalue weighted by Crippen LogP contribution is -2.54. The molecule has 0 spiro atoms. The van der Waals surface area contributed by atoms with Gasteiger partial charge >= 0.3 is 12.1 Å². The van der Waals surface area contributed by atoms with Crippen molar-refractivity contribution in [2.75, 3.05) is 32.2 Å². The minimum atomic E-state index is -1.16. The summed E-state index contributed by atoms with van der Waals surface area (Å²) in [6.07, 6.45) is 1.42. The Kier molecular flexibility index (Phi) is 16.4. The standard InChI is InChI=1S/C33H44FN5O8S/c1-33(2,3)47-32(45)39-25(18-22-11-13-23(34)14-12-22)29(42)36-19-27(40)35-20-28(41)37-26(17-21-9-7-6-8-10-21)30(43)38-24(15-16-48-5)31(44)46-4/h6-14,24-26H,15-20H2,1-5H3,(H,35,40)(H,36,42)(H,37,41)(H,38,43)(H,39,45)/t24-,25-,26-/m0/s1. The van der Waals surface area contributed by atoms with Gasteiger partial charge in [0.1, 0.15) is 29.5 Å². The van der Waals surface area contributed by atoms with Crippen LogP contribution in [0.3, 0.4) is 0 Å². The Bertz CT molecular complexity index is 1390. The molecular formula is C33H44FN5O8S. The number of hydrogen-bond donors (Lipinski definition) is 5. The van der Waals surface area contributed by atoms with Gasteiger partial charge in [0, 0.05) is 12.8 Å². The van der Waals surface area contributed by atoms with E-state index in [1.54, 1.807) is 51.1 Å². The minimum absolute atomic E-state index is 0.0195. The molecule has 0 aromatic heterocycles. The Hall–Kier alpha value is -4.66. The van der Waals surface area contributed by atoms with Crippen LogP contribution >= 0.6 is 11.8 Å². The van der Waals surface area contributed by atoms with Crippen LogP contribution < -0.4 is 26.6 Å². The second-order valence-corrected chi connectivity index (χ2v) is 12.7. The van der Waals surface area contributed by atoms with Gasteiger partial charge in [-0.05, 0) is 62.5 Å². The normalized spacial score (nSPS) is 12.8. The molecule has 0 aliphatic carbocycles. The van der Waals surface area contributed by atoms with Gasteiger partial charge < -0.3 is 36.1 Å². The van der Waals surface area contributed by atoms with Crippen LogP contribution in [0.2, 0.25) is 0 Å². The Balaban J connectivity index is 2.01. The number of halogens is 1. The number of methoxy groups -OCH3 is 1. The number of alkyl carbamates (subject to hydrolysis) is 1. The van der Waals surface area contributed by atoms with Gasteiger partial charge in [0.15, 0.2) is 0 Å². The van der Waals surface area contributed by atoms with Gasteiger partial charge in [-0.3, -0.25) is 19.2 Å². The van der Waals surface area contributed by atoms with Crippen molar-refractivity contribution in [3.63, 3.8) is 0 Å². The number of benzene rings is 2. The van der Waals surface area contributed by atoms with Crippen molar-refractivity contribution in [3.05, 3.63) is 71.5 Å². The number of amides is 5. The highest BCUT2D eigenvalue weighted by molar-refractivity contribution is 7.98. The first-order valence-electron chi connectivity index (χ1n) is 15.2. The minimum Gasteiger partial charge on any atom is -0.467 e. The average molecular weight is 690 g/mol. The molecule has 2 aromatic carbocycles. The molecule has 3 atom stereocenters. The Morgan fingerprint density at radius 3 is 1.92 bits per heavy atom. The quantitative estimate of drug-likeness (QED) is 0.154. The lowest BCUT2D eigenvalue weighted by atomic mass is 10.0. The third-order valence-electron chi connectivity index (χ3n) is 6.58. The number of rotatable bonds is 17. The molecule has 0 bridgehead atoms. The fourth-order valence-corrected chi connectivity index (χ4v) is 4.72. The van der Waals surface area contributed by atoms with E-state index in [0.717, 1.165) is 5.56 Å². The van der Waals surface area contributed by atoms with E-state index in [-0.39, 0.29) is 12.8 Å². The van der Waals surface area contributed by atoms with Gasteiger partial charge in [-0.1, -0.05) is 42.5 Å². The van der Waals surface area contributed by atoms with Crippen molar-refractivity contribution in [2.45, 2.75) is 63.8 Å². The maximum atomic E-state index is 13.4. The van der Waals surface area contributed by atoms with E-state index in [1.165, 1.54) is 43.1 Å². The molecule has 5 amide bonds. The molecule has 0 aliphatic rings. The summed E-state index contributed by atoms with van der Waals surface area (Å²) in [5, 5.41) is 12.5. The van der Waals surface area contributed by atoms with E-state index in [9.17, 15) is 33.2 Å². The molecule has 0 saturated heterocycles. The summed E-state index contributed by atoms with van der Waals surface area (Å²) in [5.74, 6) is -3.23. The first-order valence-corrected chi connectivity index (χ1v) is 16.6. The Morgan fingerprint density at radius 2 is 1.33 bits per heavy atom. The second-order valence-electron chi connectivity index (χ2n) is 11.7. The summed E-state index contributed by atoms with van der Waals surface area (Å²) >= 11 is 1.50. The Labute approximate surface area is 283 Å². The molecule has 0 radical (unpaired) electrons. The van der Waals surface area contributed by atoms with Crippen LogP contribution in [0.5, 0.6) is 0 Å². The topological polar surface area (TPSA) is 181 Å². The molecule has 0 saturated carbocycles. The van der Waals surface area contributed by atoms with E-state index in [2.05, 4.69) is 26.6 Å². The Morgan fingerprint density at radius 1 is 0.750 bits per heavy atom. The fourth-order valence-electron chi connectivity index (χ4n) is 4.25. The SMILES string of the molecule is COC(=O)[C@H](CCSC)NC(=O)[C@H](Cc1ccccc1)NC(=O)CNC(=O)CNC(=O)[C@H](Cc1ccc(F)cc1)NC(=O)OC(C)(C)C. The van der Waals surface area contributed by atoms with Gasteiger partial charge in [0.2, 0.25) is 23.6 Å². The highest BCUT2D eigenvalue weighted by Gasteiger charge is 2.28. The van der Waals surface area contributed by atoms with Crippen LogP contribution in [-0.4, -0.2) is 91.6 Å². The molecule has 262 valence electrons. The number of ether oxygens (including phenoxy) is 2. The summed E-state index contributed by atoms with van der Waals surface area (Å²) in [4.78, 5) is 76.2. The van der Waals surface area contributed by atoms with E-state index < -0.39 is 78.3 Å². The molecule has 15 heteroatoms. The molecule has 5 N–H and O–H groups in total. The van der Waals surface area contributed by atoms with E-state index >= 15 is 0 Å². The highest BCUT2D eigenvalue weighted by Crippen LogP contribution is 2.10. The smallest absolute Gasteiger partial charge is 0.408 e. The van der Waals surface area contributed by atoms with Crippen LogP contribution in [0.15, 0.2) is 54.6 Å². The van der Waals surface area contributed by atoms with Crippen molar-refractivity contribution >= 4 is 47.5 Å². The van der Waals surface area contributed by atoms with Gasteiger partial charge in [-0.15, -0.1) is 0 Å². The predicted molar refractivity (Wildman–Crippen MR) is 178 cm³/mol. The molecular weight excluding hydrogens is 645 g/mol. The molecule has 13 nitrogen and oxygen atoms in total. The molecule has 0 fully saturated rings. The third-order valence-corrected chi connectivity index (χ3v) is 7.22.